The second-order valence-electron chi connectivity index (χ2n) is 5.75. The minimum atomic E-state index is -0.468. The minimum Gasteiger partial charge on any atom is -0.444 e. The van der Waals surface area contributed by atoms with Gasteiger partial charge in [0.2, 0.25) is 0 Å². The first-order valence-corrected chi connectivity index (χ1v) is 7.82. The van der Waals surface area contributed by atoms with Crippen LogP contribution in [0.3, 0.4) is 0 Å². The quantitative estimate of drug-likeness (QED) is 0.847. The van der Waals surface area contributed by atoms with Crippen LogP contribution in [0, 0.1) is 0 Å². The van der Waals surface area contributed by atoms with E-state index in [1.807, 2.05) is 33.1 Å². The van der Waals surface area contributed by atoms with E-state index < -0.39 is 5.60 Å². The van der Waals surface area contributed by atoms with Crippen LogP contribution in [0.4, 0.5) is 4.79 Å². The van der Waals surface area contributed by atoms with E-state index in [0.717, 1.165) is 11.4 Å². The van der Waals surface area contributed by atoms with E-state index in [4.69, 9.17) is 4.74 Å². The van der Waals surface area contributed by atoms with Gasteiger partial charge in [0, 0.05) is 24.2 Å². The monoisotopic (exact) mass is 299 g/mol. The van der Waals surface area contributed by atoms with Gasteiger partial charge in [-0.2, -0.15) is 0 Å². The Kier molecular flexibility index (Phi) is 6.42. The maximum Gasteiger partial charge on any atom is 0.407 e. The summed E-state index contributed by atoms with van der Waals surface area (Å²) in [6, 6.07) is 0.233. The molecule has 1 amide bonds. The molecular weight excluding hydrogens is 274 g/mol. The first-order valence-electron chi connectivity index (χ1n) is 6.94. The van der Waals surface area contributed by atoms with Crippen LogP contribution in [0.25, 0.3) is 0 Å². The molecule has 2 unspecified atom stereocenters. The molecule has 1 aromatic heterocycles. The van der Waals surface area contributed by atoms with Crippen LogP contribution in [0.5, 0.6) is 0 Å². The number of hydrogen-bond acceptors (Lipinski definition) is 5. The van der Waals surface area contributed by atoms with Crippen molar-refractivity contribution in [3.05, 3.63) is 16.6 Å². The van der Waals surface area contributed by atoms with Crippen molar-refractivity contribution in [1.29, 1.82) is 0 Å². The lowest BCUT2D eigenvalue weighted by atomic mass is 10.2. The van der Waals surface area contributed by atoms with Gasteiger partial charge in [-0.25, -0.2) is 9.78 Å². The summed E-state index contributed by atoms with van der Waals surface area (Å²) in [7, 11) is 0. The molecule has 0 radical (unpaired) electrons. The Bertz CT molecular complexity index is 401. The van der Waals surface area contributed by atoms with Gasteiger partial charge in [-0.3, -0.25) is 0 Å². The Morgan fingerprint density at radius 1 is 1.50 bits per heavy atom. The van der Waals surface area contributed by atoms with Gasteiger partial charge < -0.3 is 15.4 Å². The molecule has 1 aromatic rings. The molecule has 0 saturated heterocycles. The normalized spacial score (nSPS) is 14.7. The molecule has 0 aliphatic heterocycles. The molecule has 20 heavy (non-hydrogen) atoms. The third-order valence-electron chi connectivity index (χ3n) is 2.71. The van der Waals surface area contributed by atoms with Gasteiger partial charge in [0.05, 0.1) is 6.04 Å². The van der Waals surface area contributed by atoms with Crippen molar-refractivity contribution in [2.75, 3.05) is 6.54 Å². The van der Waals surface area contributed by atoms with Crippen molar-refractivity contribution in [2.24, 2.45) is 0 Å². The van der Waals surface area contributed by atoms with E-state index in [2.05, 4.69) is 22.5 Å². The molecule has 2 N–H and O–H groups in total. The Labute approximate surface area is 125 Å². The van der Waals surface area contributed by atoms with Crippen LogP contribution in [0.15, 0.2) is 11.6 Å². The lowest BCUT2D eigenvalue weighted by molar-refractivity contribution is 0.0502. The molecule has 114 valence electrons. The van der Waals surface area contributed by atoms with E-state index in [1.54, 1.807) is 17.5 Å². The number of ether oxygens (including phenoxy) is 1. The largest absolute Gasteiger partial charge is 0.444 e. The summed E-state index contributed by atoms with van der Waals surface area (Å²) in [6.07, 6.45) is 2.28. The average molecular weight is 299 g/mol. The molecule has 0 aromatic carbocycles. The van der Waals surface area contributed by atoms with Crippen LogP contribution in [-0.4, -0.2) is 29.3 Å². The van der Waals surface area contributed by atoms with Crippen LogP contribution in [0.2, 0.25) is 0 Å². The number of hydrogen-bond donors (Lipinski definition) is 2. The Morgan fingerprint density at radius 2 is 2.20 bits per heavy atom. The molecule has 1 heterocycles. The van der Waals surface area contributed by atoms with Crippen molar-refractivity contribution in [3.8, 4) is 0 Å². The minimum absolute atomic E-state index is 0.0484. The van der Waals surface area contributed by atoms with Crippen LogP contribution < -0.4 is 10.6 Å². The fourth-order valence-electron chi connectivity index (χ4n) is 1.63. The first-order chi connectivity index (χ1) is 9.31. The summed E-state index contributed by atoms with van der Waals surface area (Å²) in [4.78, 5) is 16.0. The Balaban J connectivity index is 2.38. The molecule has 0 aliphatic carbocycles. The van der Waals surface area contributed by atoms with Crippen molar-refractivity contribution in [1.82, 2.24) is 15.6 Å². The predicted molar refractivity (Wildman–Crippen MR) is 82.0 cm³/mol. The number of rotatable bonds is 6. The second kappa shape index (κ2) is 7.59. The van der Waals surface area contributed by atoms with E-state index >= 15 is 0 Å². The third-order valence-corrected chi connectivity index (χ3v) is 3.66. The molecule has 6 heteroatoms. The highest BCUT2D eigenvalue weighted by Gasteiger charge is 2.19. The summed E-state index contributed by atoms with van der Waals surface area (Å²) < 4.78 is 5.26. The highest BCUT2D eigenvalue weighted by Crippen LogP contribution is 2.14. The zero-order valence-corrected chi connectivity index (χ0v) is 13.7. The fourth-order valence-corrected chi connectivity index (χ4v) is 2.30. The predicted octanol–water partition coefficient (Wildman–Crippen LogP) is 3.10. The summed E-state index contributed by atoms with van der Waals surface area (Å²) in [5.41, 5.74) is -0.468. The maximum atomic E-state index is 11.7. The first kappa shape index (κ1) is 16.9. The Hall–Kier alpha value is -1.14. The second-order valence-corrected chi connectivity index (χ2v) is 6.68. The molecule has 0 aliphatic rings. The number of carbonyl (C=O) groups is 1. The van der Waals surface area contributed by atoms with E-state index in [1.165, 1.54) is 0 Å². The van der Waals surface area contributed by atoms with Gasteiger partial charge in [0.25, 0.3) is 0 Å². The number of thiazole rings is 1. The lowest BCUT2D eigenvalue weighted by Gasteiger charge is -2.24. The molecule has 1 rings (SSSR count). The molecule has 2 atom stereocenters. The topological polar surface area (TPSA) is 63.2 Å². The van der Waals surface area contributed by atoms with Gasteiger partial charge >= 0.3 is 6.09 Å². The highest BCUT2D eigenvalue weighted by molar-refractivity contribution is 7.09. The van der Waals surface area contributed by atoms with Crippen molar-refractivity contribution < 1.29 is 9.53 Å². The van der Waals surface area contributed by atoms with Crippen molar-refractivity contribution >= 4 is 17.4 Å². The number of nitrogens with one attached hydrogen (secondary N) is 2. The molecule has 0 bridgehead atoms. The van der Waals surface area contributed by atoms with Gasteiger partial charge in [-0.15, -0.1) is 11.3 Å². The van der Waals surface area contributed by atoms with Gasteiger partial charge in [0.1, 0.15) is 10.6 Å². The molecule has 0 spiro atoms. The van der Waals surface area contributed by atoms with Crippen LogP contribution >= 0.6 is 11.3 Å². The number of amides is 1. The fraction of sp³-hybridized carbons (Fsp3) is 0.714. The molecule has 0 fully saturated rings. The van der Waals surface area contributed by atoms with Gasteiger partial charge in [-0.05, 0) is 34.1 Å². The van der Waals surface area contributed by atoms with Crippen LogP contribution in [-0.2, 0) is 4.74 Å². The summed E-state index contributed by atoms with van der Waals surface area (Å²) in [5.74, 6) is 0. The number of nitrogens with zero attached hydrogens (tertiary/aromatic N) is 1. The van der Waals surface area contributed by atoms with Crippen LogP contribution in [0.1, 0.15) is 52.1 Å². The standard InChI is InChI=1S/C14H25N3O2S/c1-6-11(17-13(18)19-14(3,4)5)9-16-10(2)12-15-7-8-20-12/h7-8,10-11,16H,6,9H2,1-5H3,(H,17,18). The summed E-state index contributed by atoms with van der Waals surface area (Å²) in [5, 5.41) is 9.28. The van der Waals surface area contributed by atoms with Gasteiger partial charge in [-0.1, -0.05) is 6.92 Å². The summed E-state index contributed by atoms with van der Waals surface area (Å²) in [6.45, 7) is 10.4. The zero-order chi connectivity index (χ0) is 15.2. The third kappa shape index (κ3) is 6.34. The molecule has 5 nitrogen and oxygen atoms in total. The Morgan fingerprint density at radius 3 is 2.70 bits per heavy atom. The SMILES string of the molecule is CCC(CNC(C)c1nccs1)NC(=O)OC(C)(C)C. The maximum absolute atomic E-state index is 11.7. The molecular formula is C14H25N3O2S. The number of aromatic nitrogens is 1. The summed E-state index contributed by atoms with van der Waals surface area (Å²) >= 11 is 1.63. The molecule has 0 saturated carbocycles. The van der Waals surface area contributed by atoms with Crippen molar-refractivity contribution in [3.63, 3.8) is 0 Å². The zero-order valence-electron chi connectivity index (χ0n) is 12.9. The highest BCUT2D eigenvalue weighted by atomic mass is 32.1. The lowest BCUT2D eigenvalue weighted by Crippen LogP contribution is -2.44. The number of carbonyl (C=O) groups excluding carboxylic acids is 1. The smallest absolute Gasteiger partial charge is 0.407 e. The van der Waals surface area contributed by atoms with Crippen molar-refractivity contribution in [2.45, 2.75) is 58.7 Å². The van der Waals surface area contributed by atoms with E-state index in [9.17, 15) is 4.79 Å². The average Bonchev–Trinajstić information content (AvgIpc) is 2.85. The van der Waals surface area contributed by atoms with E-state index in [0.29, 0.717) is 6.54 Å². The van der Waals surface area contributed by atoms with E-state index in [-0.39, 0.29) is 18.2 Å². The number of alkyl carbamates (subject to hydrolysis) is 1. The van der Waals surface area contributed by atoms with Gasteiger partial charge in [0.15, 0.2) is 0 Å².